The molecule has 0 aliphatic heterocycles. The second-order valence-electron chi connectivity index (χ2n) is 5.02. The van der Waals surface area contributed by atoms with E-state index in [4.69, 9.17) is 14.2 Å². The zero-order valence-corrected chi connectivity index (χ0v) is 15.3. The lowest BCUT2D eigenvalue weighted by Crippen LogP contribution is -1.96. The van der Waals surface area contributed by atoms with Crippen molar-refractivity contribution in [1.82, 2.24) is 19.8 Å². The molecule has 0 fully saturated rings. The van der Waals surface area contributed by atoms with Crippen molar-refractivity contribution in [1.29, 1.82) is 0 Å². The minimum Gasteiger partial charge on any atom is -0.493 e. The molecule has 0 saturated heterocycles. The maximum atomic E-state index is 5.42. The lowest BCUT2D eigenvalue weighted by Gasteiger charge is -2.13. The van der Waals surface area contributed by atoms with Crippen molar-refractivity contribution in [3.63, 3.8) is 0 Å². The number of fused-ring (bicyclic) bond motifs is 1. The summed E-state index contributed by atoms with van der Waals surface area (Å²) < 4.78 is 18.0. The second kappa shape index (κ2) is 6.34. The number of benzene rings is 1. The highest BCUT2D eigenvalue weighted by molar-refractivity contribution is 7.20. The number of hydrogen-bond donors (Lipinski definition) is 0. The molecule has 0 amide bonds. The molecule has 0 aliphatic carbocycles. The fraction of sp³-hybridized carbons (Fsp3) is 0.188. The first-order valence-corrected chi connectivity index (χ1v) is 9.01. The van der Waals surface area contributed by atoms with Gasteiger partial charge >= 0.3 is 0 Å². The van der Waals surface area contributed by atoms with Crippen molar-refractivity contribution in [2.24, 2.45) is 0 Å². The summed E-state index contributed by atoms with van der Waals surface area (Å²) in [6, 6.07) is 7.73. The molecule has 0 aliphatic rings. The normalized spacial score (nSPS) is 11.0. The summed E-state index contributed by atoms with van der Waals surface area (Å²) in [6.45, 7) is 0. The van der Waals surface area contributed by atoms with Crippen LogP contribution in [0, 0.1) is 0 Å². The summed E-state index contributed by atoms with van der Waals surface area (Å²) in [5, 5.41) is 15.9. The third-order valence-electron chi connectivity index (χ3n) is 3.64. The van der Waals surface area contributed by atoms with Gasteiger partial charge in [-0.15, -0.1) is 21.5 Å². The van der Waals surface area contributed by atoms with E-state index in [9.17, 15) is 0 Å². The zero-order valence-electron chi connectivity index (χ0n) is 13.7. The van der Waals surface area contributed by atoms with Gasteiger partial charge in [-0.05, 0) is 23.6 Å². The highest BCUT2D eigenvalue weighted by Gasteiger charge is 2.19. The molecular formula is C16H14N4O3S2. The van der Waals surface area contributed by atoms with Gasteiger partial charge in [0.25, 0.3) is 0 Å². The molecule has 3 heterocycles. The highest BCUT2D eigenvalue weighted by atomic mass is 32.1. The minimum absolute atomic E-state index is 0.552. The van der Waals surface area contributed by atoms with Crippen LogP contribution in [0.4, 0.5) is 0 Å². The molecule has 7 nitrogen and oxygen atoms in total. The first kappa shape index (κ1) is 15.9. The molecule has 4 rings (SSSR count). The Labute approximate surface area is 151 Å². The second-order valence-corrected chi connectivity index (χ2v) is 6.92. The van der Waals surface area contributed by atoms with E-state index in [-0.39, 0.29) is 0 Å². The molecule has 9 heteroatoms. The average Bonchev–Trinajstić information content (AvgIpc) is 3.36. The van der Waals surface area contributed by atoms with Crippen LogP contribution in [0.25, 0.3) is 26.2 Å². The number of hydrogen-bond acceptors (Lipinski definition) is 8. The minimum atomic E-state index is 0.552. The summed E-state index contributed by atoms with van der Waals surface area (Å²) in [5.41, 5.74) is 0.863. The molecule has 0 saturated carbocycles. The molecular weight excluding hydrogens is 360 g/mol. The van der Waals surface area contributed by atoms with Crippen LogP contribution in [-0.4, -0.2) is 41.1 Å². The Morgan fingerprint density at radius 2 is 1.76 bits per heavy atom. The van der Waals surface area contributed by atoms with Crippen molar-refractivity contribution in [2.45, 2.75) is 0 Å². The van der Waals surface area contributed by atoms with Crippen LogP contribution in [-0.2, 0) is 0 Å². The Hall–Kier alpha value is -2.65. The van der Waals surface area contributed by atoms with Crippen LogP contribution in [0.3, 0.4) is 0 Å². The standard InChI is InChI=1S/C16H14N4O3S2/c1-21-10-7-9(8-11(22-2)13(10)23-3)15-19-20-14(12-5-4-6-24-12)17-18-16(20)25-15/h4-8H,1-3H3. The van der Waals surface area contributed by atoms with Gasteiger partial charge in [0.2, 0.25) is 10.7 Å². The maximum absolute atomic E-state index is 5.42. The Morgan fingerprint density at radius 3 is 2.36 bits per heavy atom. The van der Waals surface area contributed by atoms with Crippen LogP contribution in [0.1, 0.15) is 0 Å². The number of ether oxygens (including phenoxy) is 3. The van der Waals surface area contributed by atoms with Gasteiger partial charge in [0, 0.05) is 5.56 Å². The van der Waals surface area contributed by atoms with Crippen LogP contribution >= 0.6 is 22.7 Å². The summed E-state index contributed by atoms with van der Waals surface area (Å²) in [4.78, 5) is 1.75. The monoisotopic (exact) mass is 374 g/mol. The van der Waals surface area contributed by atoms with Crippen molar-refractivity contribution >= 4 is 27.6 Å². The fourth-order valence-electron chi connectivity index (χ4n) is 2.50. The Kier molecular flexibility index (Phi) is 4.02. The van der Waals surface area contributed by atoms with E-state index < -0.39 is 0 Å². The SMILES string of the molecule is COc1cc(-c2nn3c(-c4cccs4)nnc3s2)cc(OC)c1OC. The van der Waals surface area contributed by atoms with Gasteiger partial charge in [-0.3, -0.25) is 0 Å². The first-order valence-electron chi connectivity index (χ1n) is 7.31. The van der Waals surface area contributed by atoms with Crippen LogP contribution in [0.15, 0.2) is 29.6 Å². The Balaban J connectivity index is 1.85. The van der Waals surface area contributed by atoms with E-state index >= 15 is 0 Å². The number of aromatic nitrogens is 4. The van der Waals surface area contributed by atoms with Crippen LogP contribution in [0.2, 0.25) is 0 Å². The van der Waals surface area contributed by atoms with Gasteiger partial charge in [0.1, 0.15) is 5.01 Å². The molecule has 0 spiro atoms. The summed E-state index contributed by atoms with van der Waals surface area (Å²) >= 11 is 3.05. The van der Waals surface area contributed by atoms with Gasteiger partial charge in [0.05, 0.1) is 26.2 Å². The summed E-state index contributed by atoms with van der Waals surface area (Å²) in [5.74, 6) is 2.46. The predicted molar refractivity (Wildman–Crippen MR) is 97.1 cm³/mol. The van der Waals surface area contributed by atoms with Gasteiger partial charge in [-0.1, -0.05) is 17.4 Å². The largest absolute Gasteiger partial charge is 0.493 e. The topological polar surface area (TPSA) is 70.8 Å². The van der Waals surface area contributed by atoms with Crippen molar-refractivity contribution in [2.75, 3.05) is 21.3 Å². The van der Waals surface area contributed by atoms with Crippen molar-refractivity contribution < 1.29 is 14.2 Å². The predicted octanol–water partition coefficient (Wildman–Crippen LogP) is 3.61. The summed E-state index contributed by atoms with van der Waals surface area (Å²) in [7, 11) is 4.76. The average molecular weight is 374 g/mol. The van der Waals surface area contributed by atoms with E-state index in [1.165, 1.54) is 11.3 Å². The number of nitrogens with zero attached hydrogens (tertiary/aromatic N) is 4. The third-order valence-corrected chi connectivity index (χ3v) is 5.46. The number of rotatable bonds is 5. The molecule has 4 aromatic rings. The quantitative estimate of drug-likeness (QED) is 0.531. The number of thiophene rings is 1. The van der Waals surface area contributed by atoms with E-state index in [0.29, 0.717) is 17.2 Å². The van der Waals surface area contributed by atoms with E-state index in [1.54, 1.807) is 37.2 Å². The Morgan fingerprint density at radius 1 is 1.00 bits per heavy atom. The molecule has 3 aromatic heterocycles. The molecule has 25 heavy (non-hydrogen) atoms. The van der Waals surface area contributed by atoms with E-state index in [1.807, 2.05) is 29.6 Å². The van der Waals surface area contributed by atoms with Gasteiger partial charge in [-0.2, -0.15) is 9.61 Å². The van der Waals surface area contributed by atoms with Gasteiger partial charge in [-0.25, -0.2) is 0 Å². The lowest BCUT2D eigenvalue weighted by atomic mass is 10.2. The van der Waals surface area contributed by atoms with Crippen LogP contribution < -0.4 is 14.2 Å². The molecule has 0 N–H and O–H groups in total. The van der Waals surface area contributed by atoms with Gasteiger partial charge in [0.15, 0.2) is 17.3 Å². The number of methoxy groups -OCH3 is 3. The van der Waals surface area contributed by atoms with E-state index in [0.717, 1.165) is 26.2 Å². The fourth-order valence-corrected chi connectivity index (χ4v) is 4.02. The van der Waals surface area contributed by atoms with Crippen molar-refractivity contribution in [3.05, 3.63) is 29.6 Å². The molecule has 128 valence electrons. The molecule has 0 bridgehead atoms. The van der Waals surface area contributed by atoms with Crippen molar-refractivity contribution in [3.8, 4) is 38.5 Å². The van der Waals surface area contributed by atoms with E-state index in [2.05, 4.69) is 15.3 Å². The highest BCUT2D eigenvalue weighted by Crippen LogP contribution is 2.42. The van der Waals surface area contributed by atoms with Gasteiger partial charge < -0.3 is 14.2 Å². The molecule has 0 atom stereocenters. The zero-order chi connectivity index (χ0) is 17.4. The molecule has 0 unspecified atom stereocenters. The lowest BCUT2D eigenvalue weighted by molar-refractivity contribution is 0.324. The molecule has 0 radical (unpaired) electrons. The molecule has 1 aromatic carbocycles. The Bertz CT molecular complexity index is 999. The maximum Gasteiger partial charge on any atom is 0.235 e. The first-order chi connectivity index (χ1) is 12.2. The van der Waals surface area contributed by atoms with Crippen LogP contribution in [0.5, 0.6) is 17.2 Å². The smallest absolute Gasteiger partial charge is 0.235 e. The third kappa shape index (κ3) is 2.61. The summed E-state index contributed by atoms with van der Waals surface area (Å²) in [6.07, 6.45) is 0.